The number of azide groups is 1. The molecule has 1 atom stereocenters. The van der Waals surface area contributed by atoms with Gasteiger partial charge >= 0.3 is 0 Å². The average molecular weight is 222 g/mol. The van der Waals surface area contributed by atoms with E-state index in [9.17, 15) is 15.2 Å². The number of aliphatic hydroxyl groups is 1. The van der Waals surface area contributed by atoms with Crippen molar-refractivity contribution in [1.29, 1.82) is 0 Å². The van der Waals surface area contributed by atoms with Crippen molar-refractivity contribution in [2.45, 2.75) is 19.6 Å². The summed E-state index contributed by atoms with van der Waals surface area (Å²) >= 11 is 0. The van der Waals surface area contributed by atoms with Crippen LogP contribution in [0.15, 0.2) is 23.3 Å². The number of hydrogen-bond acceptors (Lipinski definition) is 4. The monoisotopic (exact) mass is 222 g/mol. The van der Waals surface area contributed by atoms with Gasteiger partial charge in [-0.15, -0.1) is 0 Å². The van der Waals surface area contributed by atoms with Gasteiger partial charge in [-0.3, -0.25) is 10.1 Å². The number of aliphatic hydroxyl groups excluding tert-OH is 1. The molecule has 7 heteroatoms. The molecule has 0 bridgehead atoms. The van der Waals surface area contributed by atoms with Crippen molar-refractivity contribution >= 4 is 5.69 Å². The van der Waals surface area contributed by atoms with Gasteiger partial charge in [-0.2, -0.15) is 0 Å². The van der Waals surface area contributed by atoms with Gasteiger partial charge in [0.05, 0.1) is 23.1 Å². The summed E-state index contributed by atoms with van der Waals surface area (Å²) in [5, 5.41) is 23.4. The van der Waals surface area contributed by atoms with Gasteiger partial charge in [0.15, 0.2) is 0 Å². The molecule has 0 aliphatic rings. The van der Waals surface area contributed by atoms with E-state index >= 15 is 0 Å². The first-order valence-corrected chi connectivity index (χ1v) is 4.52. The molecule has 1 N–H and O–H groups in total. The normalized spacial score (nSPS) is 11.6. The van der Waals surface area contributed by atoms with E-state index in [-0.39, 0.29) is 17.8 Å². The minimum absolute atomic E-state index is 0.105. The molecule has 1 rings (SSSR count). The molecule has 0 aromatic heterocycles. The minimum Gasteiger partial charge on any atom is -0.388 e. The zero-order valence-corrected chi connectivity index (χ0v) is 8.57. The summed E-state index contributed by atoms with van der Waals surface area (Å²) in [6.45, 7) is 1.55. The van der Waals surface area contributed by atoms with Crippen LogP contribution in [0.5, 0.6) is 0 Å². The molecule has 7 nitrogen and oxygen atoms in total. The lowest BCUT2D eigenvalue weighted by Crippen LogP contribution is -2.00. The highest BCUT2D eigenvalue weighted by Gasteiger charge is 2.17. The van der Waals surface area contributed by atoms with Crippen LogP contribution in [0.25, 0.3) is 10.4 Å². The lowest BCUT2D eigenvalue weighted by molar-refractivity contribution is -0.386. The van der Waals surface area contributed by atoms with E-state index < -0.39 is 11.0 Å². The number of nitro benzene ring substituents is 1. The van der Waals surface area contributed by atoms with Gasteiger partial charge in [0.25, 0.3) is 5.69 Å². The van der Waals surface area contributed by atoms with Gasteiger partial charge < -0.3 is 5.11 Å². The molecule has 0 heterocycles. The average Bonchev–Trinajstić information content (AvgIpc) is 2.25. The van der Waals surface area contributed by atoms with Crippen LogP contribution in [0.3, 0.4) is 0 Å². The van der Waals surface area contributed by atoms with E-state index in [2.05, 4.69) is 10.0 Å². The van der Waals surface area contributed by atoms with Crippen molar-refractivity contribution in [3.8, 4) is 0 Å². The zero-order valence-electron chi connectivity index (χ0n) is 8.57. The van der Waals surface area contributed by atoms with Crippen molar-refractivity contribution in [3.63, 3.8) is 0 Å². The molecule has 0 spiro atoms. The SMILES string of the molecule is CC(O)c1cc(CN=[N+]=[N-])ccc1[N+](=O)[O-]. The van der Waals surface area contributed by atoms with Crippen LogP contribution >= 0.6 is 0 Å². The summed E-state index contributed by atoms with van der Waals surface area (Å²) in [7, 11) is 0. The first-order chi connectivity index (χ1) is 7.56. The Morgan fingerprint density at radius 2 is 2.38 bits per heavy atom. The minimum atomic E-state index is -0.939. The Bertz CT molecular complexity index is 452. The summed E-state index contributed by atoms with van der Waals surface area (Å²) in [5.74, 6) is 0. The van der Waals surface area contributed by atoms with Crippen molar-refractivity contribution in [2.75, 3.05) is 0 Å². The van der Waals surface area contributed by atoms with Crippen molar-refractivity contribution < 1.29 is 10.0 Å². The fourth-order valence-electron chi connectivity index (χ4n) is 1.32. The third-order valence-corrected chi connectivity index (χ3v) is 2.06. The standard InChI is InChI=1S/C9H10N4O3/c1-6(14)8-4-7(5-11-12-10)2-3-9(8)13(15)16/h2-4,6,14H,5H2,1H3. The first kappa shape index (κ1) is 12.0. The van der Waals surface area contributed by atoms with Crippen LogP contribution in [0.1, 0.15) is 24.2 Å². The van der Waals surface area contributed by atoms with E-state index in [0.717, 1.165) is 0 Å². The van der Waals surface area contributed by atoms with Crippen molar-refractivity contribution in [2.24, 2.45) is 5.11 Å². The molecule has 16 heavy (non-hydrogen) atoms. The van der Waals surface area contributed by atoms with Gasteiger partial charge in [-0.1, -0.05) is 11.2 Å². The Hall–Kier alpha value is -2.11. The highest BCUT2D eigenvalue weighted by Crippen LogP contribution is 2.26. The fraction of sp³-hybridized carbons (Fsp3) is 0.333. The molecule has 1 aromatic carbocycles. The molecule has 0 fully saturated rings. The second-order valence-electron chi connectivity index (χ2n) is 3.22. The number of rotatable bonds is 4. The number of nitro groups is 1. The molecule has 0 amide bonds. The lowest BCUT2D eigenvalue weighted by atomic mass is 10.0. The van der Waals surface area contributed by atoms with E-state index in [0.29, 0.717) is 5.56 Å². The Labute approximate surface area is 91.1 Å². The molecule has 0 radical (unpaired) electrons. The maximum Gasteiger partial charge on any atom is 0.275 e. The summed E-state index contributed by atoms with van der Waals surface area (Å²) in [6.07, 6.45) is -0.939. The molecule has 0 saturated heterocycles. The second-order valence-corrected chi connectivity index (χ2v) is 3.22. The van der Waals surface area contributed by atoms with Gasteiger partial charge in [-0.05, 0) is 24.1 Å². The van der Waals surface area contributed by atoms with Gasteiger partial charge in [0.2, 0.25) is 0 Å². The van der Waals surface area contributed by atoms with E-state index in [1.807, 2.05) is 0 Å². The number of nitrogens with zero attached hydrogens (tertiary/aromatic N) is 4. The van der Waals surface area contributed by atoms with Gasteiger partial charge in [0, 0.05) is 11.0 Å². The molecule has 84 valence electrons. The van der Waals surface area contributed by atoms with E-state index in [4.69, 9.17) is 5.53 Å². The molecule has 0 saturated carbocycles. The predicted molar refractivity (Wildman–Crippen MR) is 56.6 cm³/mol. The quantitative estimate of drug-likeness (QED) is 0.277. The van der Waals surface area contributed by atoms with Crippen LogP contribution in [-0.2, 0) is 6.54 Å². The van der Waals surface area contributed by atoms with E-state index in [1.54, 1.807) is 0 Å². The summed E-state index contributed by atoms with van der Waals surface area (Å²) < 4.78 is 0. The topological polar surface area (TPSA) is 112 Å². The first-order valence-electron chi connectivity index (χ1n) is 4.52. The Morgan fingerprint density at radius 1 is 1.69 bits per heavy atom. The summed E-state index contributed by atoms with van der Waals surface area (Å²) in [5.41, 5.74) is 8.85. The Balaban J connectivity index is 3.16. The molecule has 1 unspecified atom stereocenters. The highest BCUT2D eigenvalue weighted by molar-refractivity contribution is 5.44. The molecule has 0 aliphatic heterocycles. The second kappa shape index (κ2) is 5.11. The third kappa shape index (κ3) is 2.69. The summed E-state index contributed by atoms with van der Waals surface area (Å²) in [4.78, 5) is 12.7. The Kier molecular flexibility index (Phi) is 3.82. The van der Waals surface area contributed by atoms with Crippen molar-refractivity contribution in [1.82, 2.24) is 0 Å². The van der Waals surface area contributed by atoms with Crippen LogP contribution in [0.4, 0.5) is 5.69 Å². The maximum absolute atomic E-state index is 10.7. The molecular weight excluding hydrogens is 212 g/mol. The maximum atomic E-state index is 10.7. The smallest absolute Gasteiger partial charge is 0.275 e. The molecular formula is C9H10N4O3. The number of hydrogen-bond donors (Lipinski definition) is 1. The zero-order chi connectivity index (χ0) is 12.1. The Morgan fingerprint density at radius 3 is 2.88 bits per heavy atom. The molecule has 1 aromatic rings. The lowest BCUT2D eigenvalue weighted by Gasteiger charge is -2.07. The van der Waals surface area contributed by atoms with Gasteiger partial charge in [0.1, 0.15) is 0 Å². The van der Waals surface area contributed by atoms with E-state index in [1.165, 1.54) is 25.1 Å². The molecule has 0 aliphatic carbocycles. The fourth-order valence-corrected chi connectivity index (χ4v) is 1.32. The van der Waals surface area contributed by atoms with Crippen LogP contribution in [0, 0.1) is 10.1 Å². The predicted octanol–water partition coefficient (Wildman–Crippen LogP) is 2.46. The third-order valence-electron chi connectivity index (χ3n) is 2.06. The number of benzene rings is 1. The van der Waals surface area contributed by atoms with Gasteiger partial charge in [-0.25, -0.2) is 0 Å². The van der Waals surface area contributed by atoms with Crippen LogP contribution in [0.2, 0.25) is 0 Å². The highest BCUT2D eigenvalue weighted by atomic mass is 16.6. The van der Waals surface area contributed by atoms with Crippen LogP contribution in [-0.4, -0.2) is 10.0 Å². The van der Waals surface area contributed by atoms with Crippen LogP contribution < -0.4 is 0 Å². The largest absolute Gasteiger partial charge is 0.388 e. The summed E-state index contributed by atoms with van der Waals surface area (Å²) in [6, 6.07) is 4.26. The van der Waals surface area contributed by atoms with Crippen molar-refractivity contribution in [3.05, 3.63) is 49.9 Å².